The van der Waals surface area contributed by atoms with E-state index in [0.29, 0.717) is 17.0 Å². The van der Waals surface area contributed by atoms with Crippen molar-refractivity contribution in [3.8, 4) is 5.88 Å². The fourth-order valence-electron chi connectivity index (χ4n) is 2.82. The second kappa shape index (κ2) is 5.20. The maximum absolute atomic E-state index is 12.2. The number of fused-ring (bicyclic) bond motifs is 1. The van der Waals surface area contributed by atoms with Crippen LogP contribution in [-0.2, 0) is 0 Å². The Hall–Kier alpha value is -1.95. The predicted molar refractivity (Wildman–Crippen MR) is 75.8 cm³/mol. The van der Waals surface area contributed by atoms with Crippen LogP contribution in [0.2, 0.25) is 0 Å². The summed E-state index contributed by atoms with van der Waals surface area (Å²) >= 11 is 0. The first-order valence-corrected chi connectivity index (χ1v) is 6.87. The molecule has 0 radical (unpaired) electrons. The molecule has 1 fully saturated rings. The minimum atomic E-state index is -0.112. The molecule has 2 aromatic heterocycles. The molecule has 0 amide bonds. The highest BCUT2D eigenvalue weighted by Crippen LogP contribution is 2.28. The maximum Gasteiger partial charge on any atom is 0.270 e. The molecule has 0 saturated heterocycles. The van der Waals surface area contributed by atoms with Crippen LogP contribution in [-0.4, -0.2) is 27.7 Å². The van der Waals surface area contributed by atoms with Gasteiger partial charge in [-0.25, -0.2) is 4.98 Å². The normalized spacial score (nSPS) is 22.9. The molecular formula is C14H18N4O2. The second-order valence-electron chi connectivity index (χ2n) is 5.23. The molecule has 1 aliphatic rings. The van der Waals surface area contributed by atoms with Crippen LogP contribution in [0.5, 0.6) is 5.88 Å². The van der Waals surface area contributed by atoms with Crippen LogP contribution in [0, 0.1) is 0 Å². The van der Waals surface area contributed by atoms with Gasteiger partial charge in [0, 0.05) is 18.2 Å². The SMILES string of the molecule is COc1ccc2ncc(=O)n([C@H]3CC[C@H](N)CC3)c2n1. The molecule has 0 aromatic carbocycles. The number of hydrogen-bond donors (Lipinski definition) is 1. The zero-order valence-electron chi connectivity index (χ0n) is 11.5. The standard InChI is InChI=1S/C14H18N4O2/c1-20-12-7-6-11-14(17-12)18(13(19)8-16-11)10-4-2-9(15)3-5-10/h6-10H,2-5,15H2,1H3/t9-,10-. The summed E-state index contributed by atoms with van der Waals surface area (Å²) in [6, 6.07) is 3.97. The van der Waals surface area contributed by atoms with E-state index in [1.807, 2.05) is 6.07 Å². The second-order valence-corrected chi connectivity index (χ2v) is 5.23. The van der Waals surface area contributed by atoms with Crippen molar-refractivity contribution in [1.29, 1.82) is 0 Å². The maximum atomic E-state index is 12.2. The third-order valence-corrected chi connectivity index (χ3v) is 3.92. The Morgan fingerprint density at radius 1 is 1.30 bits per heavy atom. The van der Waals surface area contributed by atoms with Gasteiger partial charge >= 0.3 is 0 Å². The third-order valence-electron chi connectivity index (χ3n) is 3.92. The zero-order chi connectivity index (χ0) is 14.1. The lowest BCUT2D eigenvalue weighted by Gasteiger charge is -2.28. The molecule has 0 unspecified atom stereocenters. The number of nitrogens with zero attached hydrogens (tertiary/aromatic N) is 3. The van der Waals surface area contributed by atoms with Gasteiger partial charge in [-0.1, -0.05) is 0 Å². The van der Waals surface area contributed by atoms with E-state index in [-0.39, 0.29) is 17.6 Å². The van der Waals surface area contributed by atoms with Gasteiger partial charge in [0.25, 0.3) is 5.56 Å². The highest BCUT2D eigenvalue weighted by Gasteiger charge is 2.22. The van der Waals surface area contributed by atoms with Gasteiger partial charge in [-0.05, 0) is 31.7 Å². The molecule has 20 heavy (non-hydrogen) atoms. The minimum Gasteiger partial charge on any atom is -0.481 e. The molecule has 0 atom stereocenters. The minimum absolute atomic E-state index is 0.112. The lowest BCUT2D eigenvalue weighted by molar-refractivity contribution is 0.322. The van der Waals surface area contributed by atoms with Gasteiger partial charge in [0.1, 0.15) is 5.52 Å². The zero-order valence-corrected chi connectivity index (χ0v) is 11.5. The van der Waals surface area contributed by atoms with Crippen LogP contribution in [0.15, 0.2) is 23.1 Å². The molecule has 0 aliphatic heterocycles. The van der Waals surface area contributed by atoms with Gasteiger partial charge < -0.3 is 10.5 Å². The number of pyridine rings is 1. The summed E-state index contributed by atoms with van der Waals surface area (Å²) in [6.45, 7) is 0. The molecule has 2 N–H and O–H groups in total. The lowest BCUT2D eigenvalue weighted by Crippen LogP contribution is -2.32. The first kappa shape index (κ1) is 13.1. The van der Waals surface area contributed by atoms with Gasteiger partial charge in [0.05, 0.1) is 13.3 Å². The van der Waals surface area contributed by atoms with Crippen LogP contribution < -0.4 is 16.0 Å². The molecule has 6 heteroatoms. The summed E-state index contributed by atoms with van der Waals surface area (Å²) in [6.07, 6.45) is 5.04. The fraction of sp³-hybridized carbons (Fsp3) is 0.500. The summed E-state index contributed by atoms with van der Waals surface area (Å²) < 4.78 is 6.89. The molecule has 2 heterocycles. The highest BCUT2D eigenvalue weighted by atomic mass is 16.5. The van der Waals surface area contributed by atoms with Crippen LogP contribution in [0.3, 0.4) is 0 Å². The first-order valence-electron chi connectivity index (χ1n) is 6.87. The highest BCUT2D eigenvalue weighted by molar-refractivity contribution is 5.70. The van der Waals surface area contributed by atoms with E-state index in [1.54, 1.807) is 17.7 Å². The smallest absolute Gasteiger partial charge is 0.270 e. The van der Waals surface area contributed by atoms with E-state index in [1.165, 1.54) is 6.20 Å². The average molecular weight is 274 g/mol. The van der Waals surface area contributed by atoms with Crippen molar-refractivity contribution in [2.45, 2.75) is 37.8 Å². The Bertz CT molecular complexity index is 674. The summed E-state index contributed by atoms with van der Waals surface area (Å²) in [5, 5.41) is 0. The van der Waals surface area contributed by atoms with E-state index in [9.17, 15) is 4.79 Å². The summed E-state index contributed by atoms with van der Waals surface area (Å²) in [4.78, 5) is 20.7. The van der Waals surface area contributed by atoms with Crippen molar-refractivity contribution < 1.29 is 4.74 Å². The molecule has 6 nitrogen and oxygen atoms in total. The van der Waals surface area contributed by atoms with Gasteiger partial charge in [0.2, 0.25) is 5.88 Å². The molecule has 2 aromatic rings. The Balaban J connectivity index is 2.12. The predicted octanol–water partition coefficient (Wildman–Crippen LogP) is 1.24. The molecule has 1 saturated carbocycles. The number of hydrogen-bond acceptors (Lipinski definition) is 5. The monoisotopic (exact) mass is 274 g/mol. The quantitative estimate of drug-likeness (QED) is 0.891. The lowest BCUT2D eigenvalue weighted by atomic mass is 9.91. The Morgan fingerprint density at radius 2 is 2.05 bits per heavy atom. The van der Waals surface area contributed by atoms with Crippen molar-refractivity contribution in [2.75, 3.05) is 7.11 Å². The topological polar surface area (TPSA) is 83.0 Å². The molecular weight excluding hydrogens is 256 g/mol. The van der Waals surface area contributed by atoms with Gasteiger partial charge in [-0.3, -0.25) is 9.36 Å². The number of aromatic nitrogens is 3. The van der Waals surface area contributed by atoms with E-state index in [0.717, 1.165) is 25.7 Å². The van der Waals surface area contributed by atoms with Crippen molar-refractivity contribution >= 4 is 11.2 Å². The Morgan fingerprint density at radius 3 is 2.75 bits per heavy atom. The van der Waals surface area contributed by atoms with Crippen LogP contribution in [0.1, 0.15) is 31.7 Å². The number of ether oxygens (including phenoxy) is 1. The van der Waals surface area contributed by atoms with Crippen molar-refractivity contribution in [3.05, 3.63) is 28.7 Å². The summed E-state index contributed by atoms with van der Waals surface area (Å²) in [7, 11) is 1.56. The van der Waals surface area contributed by atoms with Crippen molar-refractivity contribution in [2.24, 2.45) is 5.73 Å². The van der Waals surface area contributed by atoms with Gasteiger partial charge in [-0.15, -0.1) is 0 Å². The van der Waals surface area contributed by atoms with Crippen LogP contribution in [0.4, 0.5) is 0 Å². The van der Waals surface area contributed by atoms with E-state index in [2.05, 4.69) is 9.97 Å². The fourth-order valence-corrected chi connectivity index (χ4v) is 2.82. The molecule has 1 aliphatic carbocycles. The van der Waals surface area contributed by atoms with Crippen molar-refractivity contribution in [1.82, 2.24) is 14.5 Å². The number of methoxy groups -OCH3 is 1. The average Bonchev–Trinajstić information content (AvgIpc) is 2.48. The number of nitrogens with two attached hydrogens (primary N) is 1. The largest absolute Gasteiger partial charge is 0.481 e. The first-order chi connectivity index (χ1) is 9.69. The van der Waals surface area contributed by atoms with Gasteiger partial charge in [-0.2, -0.15) is 4.98 Å². The molecule has 106 valence electrons. The van der Waals surface area contributed by atoms with E-state index >= 15 is 0 Å². The summed E-state index contributed by atoms with van der Waals surface area (Å²) in [5.74, 6) is 0.492. The molecule has 0 spiro atoms. The Kier molecular flexibility index (Phi) is 3.40. The number of rotatable bonds is 2. The van der Waals surface area contributed by atoms with Gasteiger partial charge in [0.15, 0.2) is 5.65 Å². The van der Waals surface area contributed by atoms with E-state index < -0.39 is 0 Å². The van der Waals surface area contributed by atoms with Crippen molar-refractivity contribution in [3.63, 3.8) is 0 Å². The van der Waals surface area contributed by atoms with Crippen LogP contribution >= 0.6 is 0 Å². The Labute approximate surface area is 116 Å². The summed E-state index contributed by atoms with van der Waals surface area (Å²) in [5.41, 5.74) is 7.13. The molecule has 0 bridgehead atoms. The third kappa shape index (κ3) is 2.27. The molecule has 3 rings (SSSR count). The van der Waals surface area contributed by atoms with E-state index in [4.69, 9.17) is 10.5 Å². The van der Waals surface area contributed by atoms with Crippen LogP contribution in [0.25, 0.3) is 11.2 Å².